The summed E-state index contributed by atoms with van der Waals surface area (Å²) in [5.74, 6) is -1.80. The number of aryl methyl sites for hydroxylation is 2. The third kappa shape index (κ3) is 5.95. The van der Waals surface area contributed by atoms with E-state index in [9.17, 15) is 18.8 Å². The zero-order chi connectivity index (χ0) is 29.3. The van der Waals surface area contributed by atoms with Gasteiger partial charge in [-0.3, -0.25) is 4.79 Å². The van der Waals surface area contributed by atoms with Crippen molar-refractivity contribution in [3.63, 3.8) is 0 Å². The summed E-state index contributed by atoms with van der Waals surface area (Å²) in [5, 5.41) is 0. The van der Waals surface area contributed by atoms with Crippen molar-refractivity contribution in [2.75, 3.05) is 13.2 Å². The predicted octanol–water partition coefficient (Wildman–Crippen LogP) is 3.81. The van der Waals surface area contributed by atoms with Gasteiger partial charge in [0, 0.05) is 40.1 Å². The summed E-state index contributed by atoms with van der Waals surface area (Å²) in [4.78, 5) is 47.0. The molecule has 3 aliphatic heterocycles. The van der Waals surface area contributed by atoms with E-state index in [2.05, 4.69) is 30.5 Å². The molecule has 42 heavy (non-hydrogen) atoms. The van der Waals surface area contributed by atoms with Gasteiger partial charge in [-0.15, -0.1) is 12.4 Å². The molecule has 0 unspecified atom stereocenters. The fourth-order valence-corrected chi connectivity index (χ4v) is 6.04. The number of esters is 2. The Bertz CT molecular complexity index is 1490. The van der Waals surface area contributed by atoms with Gasteiger partial charge in [-0.25, -0.2) is 23.9 Å². The molecule has 2 N–H and O–H groups in total. The molecule has 226 valence electrons. The lowest BCUT2D eigenvalue weighted by Crippen LogP contribution is -2.36. The number of fused-ring (bicyclic) bond motifs is 3. The molecule has 0 bridgehead atoms. The van der Waals surface area contributed by atoms with Crippen molar-refractivity contribution in [3.8, 4) is 0 Å². The highest BCUT2D eigenvalue weighted by atomic mass is 79.9. The second-order valence-electron chi connectivity index (χ2n) is 9.98. The Morgan fingerprint density at radius 3 is 2.19 bits per heavy atom. The number of nitrogens with two attached hydrogens (primary N) is 1. The van der Waals surface area contributed by atoms with Gasteiger partial charge in [0.1, 0.15) is 11.9 Å². The van der Waals surface area contributed by atoms with E-state index in [1.807, 2.05) is 4.57 Å². The molecule has 11 nitrogen and oxygen atoms in total. The Labute approximate surface area is 257 Å². The molecule has 3 aromatic rings. The van der Waals surface area contributed by atoms with Gasteiger partial charge in [-0.2, -0.15) is 0 Å². The third-order valence-corrected chi connectivity index (χ3v) is 7.94. The van der Waals surface area contributed by atoms with E-state index in [0.29, 0.717) is 28.0 Å². The second kappa shape index (κ2) is 13.3. The first-order chi connectivity index (χ1) is 19.7. The normalized spacial score (nSPS) is 16.0. The van der Waals surface area contributed by atoms with Gasteiger partial charge in [-0.1, -0.05) is 15.9 Å². The van der Waals surface area contributed by atoms with Gasteiger partial charge in [0.2, 0.25) is 0 Å². The fourth-order valence-electron chi connectivity index (χ4n) is 5.61. The van der Waals surface area contributed by atoms with Gasteiger partial charge in [0.25, 0.3) is 5.91 Å². The zero-order valence-corrected chi connectivity index (χ0v) is 25.7. The molecule has 1 aromatic carbocycles. The number of carbonyl (C=O) groups is 3. The van der Waals surface area contributed by atoms with Crippen molar-refractivity contribution in [1.29, 1.82) is 0 Å². The number of benzene rings is 1. The maximum absolute atomic E-state index is 14.3. The van der Waals surface area contributed by atoms with Crippen LogP contribution >= 0.6 is 28.3 Å². The number of nitrogens with zero attached hydrogens (tertiary/aromatic N) is 5. The molecule has 0 spiro atoms. The lowest BCUT2D eigenvalue weighted by atomic mass is 10.1. The number of hydrogen-bond donors (Lipinski definition) is 1. The Morgan fingerprint density at radius 1 is 1.00 bits per heavy atom. The lowest BCUT2D eigenvalue weighted by Gasteiger charge is -2.25. The average molecular weight is 668 g/mol. The molecular formula is C28H33BrClFN6O5. The summed E-state index contributed by atoms with van der Waals surface area (Å²) in [6.45, 7) is 5.85. The first-order valence-electron chi connectivity index (χ1n) is 13.7. The maximum atomic E-state index is 14.3. The van der Waals surface area contributed by atoms with Crippen LogP contribution in [-0.4, -0.2) is 55.1 Å². The summed E-state index contributed by atoms with van der Waals surface area (Å²) in [6.07, 6.45) is 7.24. The third-order valence-electron chi connectivity index (χ3n) is 7.48. The Morgan fingerprint density at radius 2 is 1.57 bits per heavy atom. The second-order valence-corrected chi connectivity index (χ2v) is 10.9. The average Bonchev–Trinajstić information content (AvgIpc) is 3.74. The number of hydrogen-bond acceptors (Lipinski definition) is 8. The molecule has 0 saturated carbocycles. The van der Waals surface area contributed by atoms with Crippen molar-refractivity contribution >= 4 is 46.2 Å². The molecular weight excluding hydrogens is 635 g/mol. The van der Waals surface area contributed by atoms with E-state index in [1.54, 1.807) is 32.6 Å². The van der Waals surface area contributed by atoms with Crippen LogP contribution < -0.4 is 5.73 Å². The summed E-state index contributed by atoms with van der Waals surface area (Å²) in [6, 6.07) is 1.20. The van der Waals surface area contributed by atoms with Gasteiger partial charge < -0.3 is 29.2 Å². The lowest BCUT2D eigenvalue weighted by molar-refractivity contribution is -0.149. The summed E-state index contributed by atoms with van der Waals surface area (Å²) >= 11 is 3.22. The van der Waals surface area contributed by atoms with E-state index in [0.717, 1.165) is 50.2 Å². The number of ether oxygens (including phenoxy) is 2. The molecule has 0 radical (unpaired) electrons. The number of carbonyl (C=O) groups excluding carboxylic acids is 3. The molecule has 0 aliphatic carbocycles. The summed E-state index contributed by atoms with van der Waals surface area (Å²) < 4.78 is 28.9. The van der Waals surface area contributed by atoms with E-state index >= 15 is 0 Å². The number of rotatable bonds is 7. The Balaban J connectivity index is 0.000000216. The van der Waals surface area contributed by atoms with E-state index < -0.39 is 35.7 Å². The highest BCUT2D eigenvalue weighted by molar-refractivity contribution is 9.10. The standard InChI is InChI=1S/C18H17BrFN3O3.C10H15N3O2.ClH/c1-2-26-18(25)16(15-14-4-3-5-22(14)9-21-15)23-8-12-11(17(23)24)6-10(19)7-13(12)20;1-2-15-10(14)8(11)9-7-4-3-5-13(7)6-12-9;/h6-7,9,16H,2-5,8H2,1H3;6,8H,2-5,11H2,1H3;1H/t16-;8-;/m11./s1. The predicted molar refractivity (Wildman–Crippen MR) is 155 cm³/mol. The van der Waals surface area contributed by atoms with Gasteiger partial charge in [-0.05, 0) is 51.7 Å². The smallest absolute Gasteiger partial charge is 0.335 e. The van der Waals surface area contributed by atoms with Crippen LogP contribution in [0.1, 0.15) is 77.5 Å². The number of aromatic nitrogens is 4. The number of halogens is 3. The van der Waals surface area contributed by atoms with E-state index in [4.69, 9.17) is 15.2 Å². The largest absolute Gasteiger partial charge is 0.465 e. The van der Waals surface area contributed by atoms with Gasteiger partial charge in [0.15, 0.2) is 6.04 Å². The minimum Gasteiger partial charge on any atom is -0.465 e. The van der Waals surface area contributed by atoms with Crippen LogP contribution in [0.5, 0.6) is 0 Å². The van der Waals surface area contributed by atoms with Gasteiger partial charge >= 0.3 is 11.9 Å². The summed E-state index contributed by atoms with van der Waals surface area (Å²) in [5.41, 5.74) is 9.57. The van der Waals surface area contributed by atoms with Crippen molar-refractivity contribution in [1.82, 2.24) is 24.0 Å². The minimum absolute atomic E-state index is 0. The Kier molecular flexibility index (Phi) is 10.1. The maximum Gasteiger partial charge on any atom is 0.335 e. The number of amides is 1. The first kappa shape index (κ1) is 31.6. The molecule has 0 fully saturated rings. The van der Waals surface area contributed by atoms with Crippen LogP contribution in [0.15, 0.2) is 29.3 Å². The van der Waals surface area contributed by atoms with Crippen molar-refractivity contribution in [2.24, 2.45) is 5.73 Å². The molecule has 6 rings (SSSR count). The minimum atomic E-state index is -0.970. The zero-order valence-electron chi connectivity index (χ0n) is 23.3. The number of imidazole rings is 2. The molecule has 2 aromatic heterocycles. The van der Waals surface area contributed by atoms with Crippen LogP contribution in [0.4, 0.5) is 4.39 Å². The van der Waals surface area contributed by atoms with Crippen LogP contribution in [0, 0.1) is 5.82 Å². The Hall–Kier alpha value is -3.29. The first-order valence-corrected chi connectivity index (χ1v) is 14.5. The monoisotopic (exact) mass is 666 g/mol. The van der Waals surface area contributed by atoms with Crippen LogP contribution in [0.3, 0.4) is 0 Å². The SMILES string of the molecule is CCOC(=O)[C@@H](c1ncn2c1CCC2)N1Cc2c(F)cc(Br)cc2C1=O.CCOC(=O)[C@H](N)c1ncn2c1CCC2.Cl. The molecule has 14 heteroatoms. The van der Waals surface area contributed by atoms with Crippen LogP contribution in [0.25, 0.3) is 0 Å². The van der Waals surface area contributed by atoms with Crippen molar-refractivity contribution in [3.05, 3.63) is 69.0 Å². The van der Waals surface area contributed by atoms with Gasteiger partial charge in [0.05, 0.1) is 43.8 Å². The molecule has 5 heterocycles. The molecule has 2 atom stereocenters. The molecule has 3 aliphatic rings. The quantitative estimate of drug-likeness (QED) is 0.376. The van der Waals surface area contributed by atoms with Crippen molar-refractivity contribution < 1.29 is 28.2 Å². The van der Waals surface area contributed by atoms with Crippen molar-refractivity contribution in [2.45, 2.75) is 71.2 Å². The van der Waals surface area contributed by atoms with Crippen LogP contribution in [-0.2, 0) is 51.5 Å². The molecule has 0 saturated heterocycles. The summed E-state index contributed by atoms with van der Waals surface area (Å²) in [7, 11) is 0. The molecule has 1 amide bonds. The van der Waals surface area contributed by atoms with Crippen LogP contribution in [0.2, 0.25) is 0 Å². The van der Waals surface area contributed by atoms with E-state index in [1.165, 1.54) is 11.0 Å². The van der Waals surface area contributed by atoms with E-state index in [-0.39, 0.29) is 31.1 Å². The highest BCUT2D eigenvalue weighted by Crippen LogP contribution is 2.36. The fraction of sp³-hybridized carbons (Fsp3) is 0.464. The topological polar surface area (TPSA) is 135 Å². The highest BCUT2D eigenvalue weighted by Gasteiger charge is 2.42.